The van der Waals surface area contributed by atoms with E-state index in [1.165, 1.54) is 6.07 Å². The van der Waals surface area contributed by atoms with Crippen LogP contribution >= 0.6 is 0 Å². The average Bonchev–Trinajstić information content (AvgIpc) is 3.08. The van der Waals surface area contributed by atoms with Gasteiger partial charge in [-0.2, -0.15) is 10.2 Å². The first-order valence-corrected chi connectivity index (χ1v) is 7.83. The van der Waals surface area contributed by atoms with Crippen LogP contribution in [0.2, 0.25) is 0 Å². The van der Waals surface area contributed by atoms with Crippen LogP contribution in [-0.2, 0) is 0 Å². The van der Waals surface area contributed by atoms with Crippen molar-refractivity contribution in [2.75, 3.05) is 0 Å². The van der Waals surface area contributed by atoms with Crippen molar-refractivity contribution in [2.24, 2.45) is 5.84 Å². The Morgan fingerprint density at radius 1 is 1.12 bits per heavy atom. The van der Waals surface area contributed by atoms with E-state index in [0.717, 1.165) is 11.1 Å². The summed E-state index contributed by atoms with van der Waals surface area (Å²) in [7, 11) is 0. The Hall–Kier alpha value is -3.78. The SMILES string of the molecule is NNC(=O)c1cc(-c2c(-c3ccccc3)nn3ccccc23)n[nH]c1=O. The lowest BCUT2D eigenvalue weighted by Gasteiger charge is -2.05. The number of hydrogen-bond acceptors (Lipinski definition) is 5. The van der Waals surface area contributed by atoms with Gasteiger partial charge in [0.15, 0.2) is 0 Å². The molecular formula is C18H14N6O2. The van der Waals surface area contributed by atoms with Crippen LogP contribution in [-0.4, -0.2) is 25.7 Å². The highest BCUT2D eigenvalue weighted by atomic mass is 16.2. The fraction of sp³-hybridized carbons (Fsp3) is 0. The standard InChI is InChI=1S/C18H14N6O2/c19-20-17(25)12-10-13(21-22-18(12)26)15-14-8-4-5-9-24(14)23-16(15)11-6-2-1-3-7-11/h1-10H,19H2,(H,20,25)(H,22,26). The molecule has 26 heavy (non-hydrogen) atoms. The van der Waals surface area contributed by atoms with Gasteiger partial charge in [0.2, 0.25) is 0 Å². The molecule has 0 unspecified atom stereocenters. The number of carbonyl (C=O) groups excluding carboxylic acids is 1. The molecule has 8 nitrogen and oxygen atoms in total. The van der Waals surface area contributed by atoms with E-state index in [-0.39, 0.29) is 5.56 Å². The number of carbonyl (C=O) groups is 1. The summed E-state index contributed by atoms with van der Waals surface area (Å²) in [5.74, 6) is 4.48. The van der Waals surface area contributed by atoms with Gasteiger partial charge in [0.05, 0.1) is 16.8 Å². The van der Waals surface area contributed by atoms with E-state index in [2.05, 4.69) is 15.3 Å². The molecule has 0 atom stereocenters. The van der Waals surface area contributed by atoms with Gasteiger partial charge in [-0.25, -0.2) is 15.5 Å². The average molecular weight is 346 g/mol. The normalized spacial score (nSPS) is 10.8. The molecule has 128 valence electrons. The number of nitrogens with two attached hydrogens (primary N) is 1. The largest absolute Gasteiger partial charge is 0.290 e. The first-order valence-electron chi connectivity index (χ1n) is 7.83. The first-order chi connectivity index (χ1) is 12.7. The number of amides is 1. The zero-order valence-electron chi connectivity index (χ0n) is 13.5. The van der Waals surface area contributed by atoms with E-state index in [0.29, 0.717) is 17.0 Å². The van der Waals surface area contributed by atoms with Crippen molar-refractivity contribution >= 4 is 11.4 Å². The summed E-state index contributed by atoms with van der Waals surface area (Å²) in [5.41, 5.74) is 4.74. The van der Waals surface area contributed by atoms with Crippen molar-refractivity contribution < 1.29 is 4.79 Å². The van der Waals surface area contributed by atoms with Gasteiger partial charge in [-0.15, -0.1) is 0 Å². The van der Waals surface area contributed by atoms with Crippen LogP contribution in [0.15, 0.2) is 65.6 Å². The summed E-state index contributed by atoms with van der Waals surface area (Å²) in [6.45, 7) is 0. The number of rotatable bonds is 3. The predicted octanol–water partition coefficient (Wildman–Crippen LogP) is 1.36. The van der Waals surface area contributed by atoms with Crippen molar-refractivity contribution in [3.63, 3.8) is 0 Å². The Kier molecular flexibility index (Phi) is 3.79. The third kappa shape index (κ3) is 2.54. The number of hydrazine groups is 1. The van der Waals surface area contributed by atoms with Crippen molar-refractivity contribution in [3.05, 3.63) is 76.7 Å². The fourth-order valence-electron chi connectivity index (χ4n) is 2.83. The van der Waals surface area contributed by atoms with Crippen LogP contribution in [0.4, 0.5) is 0 Å². The lowest BCUT2D eigenvalue weighted by Crippen LogP contribution is -2.34. The number of benzene rings is 1. The van der Waals surface area contributed by atoms with E-state index in [1.54, 1.807) is 4.52 Å². The Balaban J connectivity index is 2.03. The van der Waals surface area contributed by atoms with Crippen molar-refractivity contribution in [1.82, 2.24) is 25.2 Å². The zero-order valence-corrected chi connectivity index (χ0v) is 13.5. The number of aromatic amines is 1. The molecule has 0 aliphatic carbocycles. The van der Waals surface area contributed by atoms with E-state index < -0.39 is 11.5 Å². The summed E-state index contributed by atoms with van der Waals surface area (Å²) in [5, 5.41) is 11.1. The summed E-state index contributed by atoms with van der Waals surface area (Å²) in [6, 6.07) is 16.7. The number of H-pyrrole nitrogens is 1. The van der Waals surface area contributed by atoms with Crippen molar-refractivity contribution in [3.8, 4) is 22.5 Å². The zero-order chi connectivity index (χ0) is 18.1. The highest BCUT2D eigenvalue weighted by Crippen LogP contribution is 2.33. The fourth-order valence-corrected chi connectivity index (χ4v) is 2.83. The minimum Gasteiger partial charge on any atom is -0.290 e. The summed E-state index contributed by atoms with van der Waals surface area (Å²) < 4.78 is 1.73. The molecule has 0 bridgehead atoms. The van der Waals surface area contributed by atoms with Gasteiger partial charge < -0.3 is 0 Å². The maximum absolute atomic E-state index is 11.9. The Morgan fingerprint density at radius 3 is 2.65 bits per heavy atom. The highest BCUT2D eigenvalue weighted by Gasteiger charge is 2.20. The Labute approximate surface area is 147 Å². The first kappa shape index (κ1) is 15.7. The van der Waals surface area contributed by atoms with Gasteiger partial charge in [-0.05, 0) is 18.2 Å². The predicted molar refractivity (Wildman–Crippen MR) is 96.1 cm³/mol. The van der Waals surface area contributed by atoms with Gasteiger partial charge in [0.25, 0.3) is 11.5 Å². The number of nitrogens with one attached hydrogen (secondary N) is 2. The van der Waals surface area contributed by atoms with Gasteiger partial charge in [0, 0.05) is 11.8 Å². The summed E-state index contributed by atoms with van der Waals surface area (Å²) in [4.78, 5) is 23.8. The van der Waals surface area contributed by atoms with Crippen molar-refractivity contribution in [1.29, 1.82) is 0 Å². The minimum atomic E-state index is -0.687. The molecule has 1 amide bonds. The molecule has 8 heteroatoms. The molecule has 0 aliphatic heterocycles. The number of pyridine rings is 1. The van der Waals surface area contributed by atoms with Gasteiger partial charge in [-0.1, -0.05) is 36.4 Å². The van der Waals surface area contributed by atoms with Crippen LogP contribution in [0, 0.1) is 0 Å². The molecule has 4 rings (SSSR count). The molecule has 0 aliphatic rings. The molecule has 0 saturated carbocycles. The second-order valence-electron chi connectivity index (χ2n) is 5.59. The monoisotopic (exact) mass is 346 g/mol. The molecule has 0 fully saturated rings. The number of nitrogens with zero attached hydrogens (tertiary/aromatic N) is 3. The lowest BCUT2D eigenvalue weighted by molar-refractivity contribution is 0.0952. The smallest absolute Gasteiger partial charge is 0.277 e. The van der Waals surface area contributed by atoms with Gasteiger partial charge >= 0.3 is 0 Å². The molecule has 0 saturated heterocycles. The van der Waals surface area contributed by atoms with Crippen LogP contribution < -0.4 is 16.8 Å². The van der Waals surface area contributed by atoms with Crippen LogP contribution in [0.5, 0.6) is 0 Å². The second-order valence-corrected chi connectivity index (χ2v) is 5.59. The molecular weight excluding hydrogens is 332 g/mol. The number of fused-ring (bicyclic) bond motifs is 1. The summed E-state index contributed by atoms with van der Waals surface area (Å²) >= 11 is 0. The van der Waals surface area contributed by atoms with E-state index in [4.69, 9.17) is 5.84 Å². The number of hydrogen-bond donors (Lipinski definition) is 3. The maximum atomic E-state index is 11.9. The Bertz CT molecular complexity index is 1160. The second kappa shape index (κ2) is 6.26. The van der Waals surface area contributed by atoms with Gasteiger partial charge in [-0.3, -0.25) is 15.0 Å². The molecule has 3 heterocycles. The minimum absolute atomic E-state index is 0.119. The molecule has 0 spiro atoms. The lowest BCUT2D eigenvalue weighted by atomic mass is 10.0. The van der Waals surface area contributed by atoms with Crippen LogP contribution in [0.3, 0.4) is 0 Å². The van der Waals surface area contributed by atoms with E-state index in [9.17, 15) is 9.59 Å². The van der Waals surface area contributed by atoms with Crippen LogP contribution in [0.1, 0.15) is 10.4 Å². The number of nitrogen functional groups attached to an aromatic ring is 1. The van der Waals surface area contributed by atoms with Crippen molar-refractivity contribution in [2.45, 2.75) is 0 Å². The Morgan fingerprint density at radius 2 is 1.88 bits per heavy atom. The molecule has 4 aromatic rings. The number of aromatic nitrogens is 4. The van der Waals surface area contributed by atoms with E-state index >= 15 is 0 Å². The quantitative estimate of drug-likeness (QED) is 0.294. The highest BCUT2D eigenvalue weighted by molar-refractivity contribution is 5.96. The molecule has 1 aromatic carbocycles. The maximum Gasteiger partial charge on any atom is 0.277 e. The molecule has 4 N–H and O–H groups in total. The third-order valence-corrected chi connectivity index (χ3v) is 4.02. The van der Waals surface area contributed by atoms with Gasteiger partial charge in [0.1, 0.15) is 11.3 Å². The van der Waals surface area contributed by atoms with Crippen LogP contribution in [0.25, 0.3) is 28.0 Å². The summed E-state index contributed by atoms with van der Waals surface area (Å²) in [6.07, 6.45) is 1.82. The topological polar surface area (TPSA) is 118 Å². The van der Waals surface area contributed by atoms with E-state index in [1.807, 2.05) is 60.2 Å². The molecule has 3 aromatic heterocycles. The molecule has 0 radical (unpaired) electrons. The third-order valence-electron chi connectivity index (χ3n) is 4.02.